The van der Waals surface area contributed by atoms with Crippen LogP contribution in [0.5, 0.6) is 0 Å². The zero-order valence-electron chi connectivity index (χ0n) is 11.7. The Balaban J connectivity index is 1.90. The first-order valence-electron chi connectivity index (χ1n) is 6.70. The van der Waals surface area contributed by atoms with Crippen molar-refractivity contribution in [2.75, 3.05) is 6.54 Å². The average molecular weight is 349 g/mol. The van der Waals surface area contributed by atoms with E-state index in [1.165, 1.54) is 29.2 Å². The topological polar surface area (TPSA) is 20.3 Å². The number of nitrogens with zero attached hydrogens (tertiary/aromatic N) is 1. The number of thioether (sulfide) groups is 1. The molecule has 2 heterocycles. The van der Waals surface area contributed by atoms with Gasteiger partial charge >= 0.3 is 0 Å². The number of hydrogen-bond donors (Lipinski definition) is 0. The van der Waals surface area contributed by atoms with Crippen LogP contribution in [0.25, 0.3) is 16.5 Å². The second kappa shape index (κ2) is 6.32. The van der Waals surface area contributed by atoms with Gasteiger partial charge in [0, 0.05) is 21.9 Å². The molecular formula is C16H12FNOS3. The Bertz CT molecular complexity index is 781. The second-order valence-electron chi connectivity index (χ2n) is 4.61. The quantitative estimate of drug-likeness (QED) is 0.588. The summed E-state index contributed by atoms with van der Waals surface area (Å²) in [5, 5.41) is 0. The van der Waals surface area contributed by atoms with E-state index < -0.39 is 0 Å². The summed E-state index contributed by atoms with van der Waals surface area (Å²) in [4.78, 5) is 16.1. The van der Waals surface area contributed by atoms with Crippen LogP contribution in [-0.2, 0) is 4.79 Å². The van der Waals surface area contributed by atoms with Gasteiger partial charge in [-0.2, -0.15) is 0 Å². The molecule has 1 amide bonds. The Kier molecular flexibility index (Phi) is 4.42. The minimum absolute atomic E-state index is 0.0571. The first kappa shape index (κ1) is 15.4. The fourth-order valence-electron chi connectivity index (χ4n) is 2.14. The van der Waals surface area contributed by atoms with E-state index in [-0.39, 0.29) is 11.7 Å². The minimum Gasteiger partial charge on any atom is -0.293 e. The van der Waals surface area contributed by atoms with Gasteiger partial charge in [0.15, 0.2) is 0 Å². The van der Waals surface area contributed by atoms with E-state index in [4.69, 9.17) is 12.2 Å². The molecule has 2 aromatic rings. The fraction of sp³-hybridized carbons (Fsp3) is 0.125. The summed E-state index contributed by atoms with van der Waals surface area (Å²) in [5.41, 5.74) is 0.577. The lowest BCUT2D eigenvalue weighted by Crippen LogP contribution is -2.27. The summed E-state index contributed by atoms with van der Waals surface area (Å²) >= 11 is 7.96. The Morgan fingerprint density at radius 2 is 2.05 bits per heavy atom. The summed E-state index contributed by atoms with van der Waals surface area (Å²) < 4.78 is 14.4. The maximum atomic E-state index is 13.8. The van der Waals surface area contributed by atoms with Crippen molar-refractivity contribution in [2.45, 2.75) is 6.92 Å². The number of likely N-dealkylation sites (N-methyl/N-ethyl adjacent to an activating group) is 1. The van der Waals surface area contributed by atoms with Crippen LogP contribution in [0.4, 0.5) is 4.39 Å². The number of hydrogen-bond acceptors (Lipinski definition) is 4. The predicted molar refractivity (Wildman–Crippen MR) is 95.3 cm³/mol. The third kappa shape index (κ3) is 2.86. The van der Waals surface area contributed by atoms with E-state index in [0.29, 0.717) is 21.3 Å². The van der Waals surface area contributed by atoms with Crippen molar-refractivity contribution in [3.8, 4) is 10.4 Å². The molecule has 2 nitrogen and oxygen atoms in total. The minimum atomic E-state index is -0.242. The van der Waals surface area contributed by atoms with Crippen LogP contribution < -0.4 is 0 Å². The Hall–Kier alpha value is -1.50. The Labute approximate surface area is 141 Å². The molecule has 22 heavy (non-hydrogen) atoms. The Morgan fingerprint density at radius 3 is 2.73 bits per heavy atom. The highest BCUT2D eigenvalue weighted by molar-refractivity contribution is 8.26. The first-order valence-corrected chi connectivity index (χ1v) is 8.74. The molecular weight excluding hydrogens is 337 g/mol. The molecule has 0 bridgehead atoms. The zero-order chi connectivity index (χ0) is 15.7. The average Bonchev–Trinajstić information content (AvgIpc) is 3.05. The molecule has 6 heteroatoms. The Morgan fingerprint density at radius 1 is 1.27 bits per heavy atom. The highest BCUT2D eigenvalue weighted by Gasteiger charge is 2.30. The molecule has 1 fully saturated rings. The van der Waals surface area contributed by atoms with Gasteiger partial charge < -0.3 is 0 Å². The van der Waals surface area contributed by atoms with Crippen LogP contribution in [0.2, 0.25) is 0 Å². The SMILES string of the molecule is CCN1C(=O)C(=Cc2ccc(-c3ccccc3F)s2)SC1=S. The van der Waals surface area contributed by atoms with Crippen molar-refractivity contribution in [1.82, 2.24) is 4.90 Å². The molecule has 0 aliphatic carbocycles. The van der Waals surface area contributed by atoms with E-state index in [0.717, 1.165) is 9.75 Å². The largest absolute Gasteiger partial charge is 0.293 e. The van der Waals surface area contributed by atoms with Crippen LogP contribution in [0.3, 0.4) is 0 Å². The number of halogens is 1. The summed E-state index contributed by atoms with van der Waals surface area (Å²) in [6.07, 6.45) is 1.82. The lowest BCUT2D eigenvalue weighted by molar-refractivity contribution is -0.121. The highest BCUT2D eigenvalue weighted by atomic mass is 32.2. The van der Waals surface area contributed by atoms with E-state index in [2.05, 4.69) is 0 Å². The molecule has 112 valence electrons. The van der Waals surface area contributed by atoms with Gasteiger partial charge in [0.25, 0.3) is 5.91 Å². The maximum absolute atomic E-state index is 13.8. The van der Waals surface area contributed by atoms with Crippen LogP contribution in [0, 0.1) is 5.82 Å². The van der Waals surface area contributed by atoms with Crippen molar-refractivity contribution in [3.63, 3.8) is 0 Å². The van der Waals surface area contributed by atoms with Crippen LogP contribution in [0.1, 0.15) is 11.8 Å². The van der Waals surface area contributed by atoms with Gasteiger partial charge in [0.1, 0.15) is 10.1 Å². The van der Waals surface area contributed by atoms with Crippen molar-refractivity contribution in [2.24, 2.45) is 0 Å². The summed E-state index contributed by atoms with van der Waals surface area (Å²) in [6.45, 7) is 2.47. The fourth-order valence-corrected chi connectivity index (χ4v) is 4.57. The van der Waals surface area contributed by atoms with Crippen LogP contribution in [0.15, 0.2) is 41.3 Å². The number of carbonyl (C=O) groups is 1. The first-order chi connectivity index (χ1) is 10.6. The maximum Gasteiger partial charge on any atom is 0.266 e. The molecule has 1 aromatic carbocycles. The molecule has 0 N–H and O–H groups in total. The predicted octanol–water partition coefficient (Wildman–Crippen LogP) is 4.78. The molecule has 0 saturated carbocycles. The highest BCUT2D eigenvalue weighted by Crippen LogP contribution is 2.35. The summed E-state index contributed by atoms with van der Waals surface area (Å²) in [5.74, 6) is -0.299. The normalized spacial score (nSPS) is 16.8. The zero-order valence-corrected chi connectivity index (χ0v) is 14.2. The van der Waals surface area contributed by atoms with Crippen LogP contribution in [-0.4, -0.2) is 21.7 Å². The van der Waals surface area contributed by atoms with Gasteiger partial charge in [-0.1, -0.05) is 42.2 Å². The number of carbonyl (C=O) groups excluding carboxylic acids is 1. The number of benzene rings is 1. The van der Waals surface area contributed by atoms with Crippen molar-refractivity contribution >= 4 is 51.6 Å². The van der Waals surface area contributed by atoms with Gasteiger partial charge in [-0.15, -0.1) is 11.3 Å². The van der Waals surface area contributed by atoms with E-state index in [1.54, 1.807) is 17.0 Å². The van der Waals surface area contributed by atoms with Crippen LogP contribution >= 0.6 is 35.3 Å². The molecule has 1 aliphatic rings. The van der Waals surface area contributed by atoms with Gasteiger partial charge in [-0.25, -0.2) is 4.39 Å². The molecule has 0 unspecified atom stereocenters. The summed E-state index contributed by atoms with van der Waals surface area (Å²) in [7, 11) is 0. The summed E-state index contributed by atoms with van der Waals surface area (Å²) in [6, 6.07) is 10.4. The lowest BCUT2D eigenvalue weighted by Gasteiger charge is -2.09. The number of amides is 1. The lowest BCUT2D eigenvalue weighted by atomic mass is 10.2. The van der Waals surface area contributed by atoms with Gasteiger partial charge in [-0.3, -0.25) is 9.69 Å². The van der Waals surface area contributed by atoms with Gasteiger partial charge in [0.05, 0.1) is 4.91 Å². The van der Waals surface area contributed by atoms with E-state index >= 15 is 0 Å². The molecule has 3 rings (SSSR count). The third-order valence-electron chi connectivity index (χ3n) is 3.23. The molecule has 1 aliphatic heterocycles. The number of thiophene rings is 1. The van der Waals surface area contributed by atoms with Crippen molar-refractivity contribution in [3.05, 3.63) is 52.0 Å². The standard InChI is InChI=1S/C16H12FNOS3/c1-2-18-15(19)14(22-16(18)20)9-10-7-8-13(21-10)11-5-3-4-6-12(11)17/h3-9H,2H2,1H3. The van der Waals surface area contributed by atoms with Gasteiger partial charge in [-0.05, 0) is 31.2 Å². The second-order valence-corrected chi connectivity index (χ2v) is 7.40. The molecule has 0 atom stereocenters. The molecule has 0 radical (unpaired) electrons. The van der Waals surface area contributed by atoms with E-state index in [1.807, 2.05) is 31.2 Å². The van der Waals surface area contributed by atoms with E-state index in [9.17, 15) is 9.18 Å². The molecule has 0 spiro atoms. The monoisotopic (exact) mass is 349 g/mol. The van der Waals surface area contributed by atoms with Crippen molar-refractivity contribution in [1.29, 1.82) is 0 Å². The number of rotatable bonds is 3. The molecule has 1 aromatic heterocycles. The smallest absolute Gasteiger partial charge is 0.266 e. The molecule has 1 saturated heterocycles. The van der Waals surface area contributed by atoms with Gasteiger partial charge in [0.2, 0.25) is 0 Å². The number of thiocarbonyl (C=S) groups is 1. The van der Waals surface area contributed by atoms with Crippen molar-refractivity contribution < 1.29 is 9.18 Å². The third-order valence-corrected chi connectivity index (χ3v) is 5.67.